The third-order valence-corrected chi connectivity index (χ3v) is 2.02. The van der Waals surface area contributed by atoms with Crippen LogP contribution in [0.2, 0.25) is 0 Å². The lowest BCUT2D eigenvalue weighted by Crippen LogP contribution is -2.08. The third-order valence-electron chi connectivity index (χ3n) is 2.02. The Morgan fingerprint density at radius 3 is 2.73 bits per heavy atom. The zero-order chi connectivity index (χ0) is 11.3. The highest BCUT2D eigenvalue weighted by molar-refractivity contribution is 5.18. The van der Waals surface area contributed by atoms with Crippen LogP contribution in [0.5, 0.6) is 5.88 Å². The molecule has 1 aromatic rings. The summed E-state index contributed by atoms with van der Waals surface area (Å²) in [4.78, 5) is 8.56. The van der Waals surface area contributed by atoms with Gasteiger partial charge in [-0.3, -0.25) is 0 Å². The maximum Gasteiger partial charge on any atom is 0.216 e. The van der Waals surface area contributed by atoms with Crippen molar-refractivity contribution >= 4 is 0 Å². The normalized spacial score (nSPS) is 10.7. The van der Waals surface area contributed by atoms with Crippen LogP contribution >= 0.6 is 0 Å². The summed E-state index contributed by atoms with van der Waals surface area (Å²) in [5, 5.41) is 0. The molecule has 0 saturated heterocycles. The minimum absolute atomic E-state index is 0.392. The summed E-state index contributed by atoms with van der Waals surface area (Å²) in [5.41, 5.74) is 6.41. The first kappa shape index (κ1) is 11.9. The second-order valence-corrected chi connectivity index (χ2v) is 3.82. The Balaban J connectivity index is 2.71. The lowest BCUT2D eigenvalue weighted by atomic mass is 10.1. The van der Waals surface area contributed by atoms with Crippen LogP contribution in [0.25, 0.3) is 0 Å². The van der Waals surface area contributed by atoms with Gasteiger partial charge in [-0.2, -0.15) is 4.98 Å². The van der Waals surface area contributed by atoms with Crippen LogP contribution in [0.3, 0.4) is 0 Å². The van der Waals surface area contributed by atoms with Crippen LogP contribution in [-0.4, -0.2) is 23.1 Å². The fourth-order valence-corrected chi connectivity index (χ4v) is 1.19. The summed E-state index contributed by atoms with van der Waals surface area (Å²) in [5.74, 6) is 1.80. The molecule has 1 aromatic heterocycles. The quantitative estimate of drug-likeness (QED) is 0.749. The molecule has 84 valence electrons. The summed E-state index contributed by atoms with van der Waals surface area (Å²) in [6.45, 7) is 7.34. The standard InChI is InChI=1S/C11H19N3O/c1-8(2)10-7-11(14-9(3)13-10)15-6-4-5-12/h7-8H,4-6,12H2,1-3H3. The number of nitrogens with zero attached hydrogens (tertiary/aromatic N) is 2. The Kier molecular flexibility index (Phi) is 4.49. The number of ether oxygens (including phenoxy) is 1. The Bertz CT molecular complexity index is 313. The molecule has 0 fully saturated rings. The van der Waals surface area contributed by atoms with E-state index in [1.807, 2.05) is 13.0 Å². The maximum absolute atomic E-state index is 5.49. The van der Waals surface area contributed by atoms with E-state index in [1.165, 1.54) is 0 Å². The Labute approximate surface area is 90.9 Å². The van der Waals surface area contributed by atoms with Crippen molar-refractivity contribution in [3.8, 4) is 5.88 Å². The molecule has 4 heteroatoms. The molecule has 0 spiro atoms. The monoisotopic (exact) mass is 209 g/mol. The molecule has 0 aliphatic carbocycles. The number of aromatic nitrogens is 2. The molecule has 0 aliphatic heterocycles. The molecule has 15 heavy (non-hydrogen) atoms. The van der Waals surface area contributed by atoms with Crippen LogP contribution in [0, 0.1) is 6.92 Å². The van der Waals surface area contributed by atoms with Crippen LogP contribution in [0.4, 0.5) is 0 Å². The van der Waals surface area contributed by atoms with E-state index in [1.54, 1.807) is 0 Å². The summed E-state index contributed by atoms with van der Waals surface area (Å²) < 4.78 is 5.49. The predicted molar refractivity (Wildman–Crippen MR) is 60.0 cm³/mol. The second kappa shape index (κ2) is 5.66. The van der Waals surface area contributed by atoms with Crippen LogP contribution in [0.1, 0.15) is 37.7 Å². The van der Waals surface area contributed by atoms with E-state index < -0.39 is 0 Å². The SMILES string of the molecule is Cc1nc(OCCCN)cc(C(C)C)n1. The fraction of sp³-hybridized carbons (Fsp3) is 0.636. The summed E-state index contributed by atoms with van der Waals surface area (Å²) >= 11 is 0. The van der Waals surface area contributed by atoms with Gasteiger partial charge in [-0.15, -0.1) is 0 Å². The minimum atomic E-state index is 0.392. The number of aryl methyl sites for hydroxylation is 1. The highest BCUT2D eigenvalue weighted by Crippen LogP contribution is 2.16. The second-order valence-electron chi connectivity index (χ2n) is 3.82. The van der Waals surface area contributed by atoms with Crippen molar-refractivity contribution in [1.29, 1.82) is 0 Å². The Morgan fingerprint density at radius 1 is 1.40 bits per heavy atom. The van der Waals surface area contributed by atoms with E-state index in [-0.39, 0.29) is 0 Å². The van der Waals surface area contributed by atoms with E-state index >= 15 is 0 Å². The molecular formula is C11H19N3O. The smallest absolute Gasteiger partial charge is 0.216 e. The average Bonchev–Trinajstić information content (AvgIpc) is 2.17. The first-order valence-electron chi connectivity index (χ1n) is 5.32. The zero-order valence-electron chi connectivity index (χ0n) is 9.66. The third kappa shape index (κ3) is 3.83. The molecule has 0 aromatic carbocycles. The molecule has 0 amide bonds. The highest BCUT2D eigenvalue weighted by atomic mass is 16.5. The van der Waals surface area contributed by atoms with Crippen LogP contribution < -0.4 is 10.5 Å². The van der Waals surface area contributed by atoms with Gasteiger partial charge < -0.3 is 10.5 Å². The summed E-state index contributed by atoms with van der Waals surface area (Å²) in [6, 6.07) is 1.90. The summed E-state index contributed by atoms with van der Waals surface area (Å²) in [7, 11) is 0. The topological polar surface area (TPSA) is 61.0 Å². The number of nitrogens with two attached hydrogens (primary N) is 1. The molecule has 2 N–H and O–H groups in total. The van der Waals surface area contributed by atoms with Crippen molar-refractivity contribution in [3.05, 3.63) is 17.6 Å². The zero-order valence-corrected chi connectivity index (χ0v) is 9.66. The molecule has 1 heterocycles. The first-order chi connectivity index (χ1) is 7.13. The Morgan fingerprint density at radius 2 is 2.13 bits per heavy atom. The molecule has 0 radical (unpaired) electrons. The average molecular weight is 209 g/mol. The van der Waals surface area contributed by atoms with Gasteiger partial charge in [0.05, 0.1) is 12.3 Å². The van der Waals surface area contributed by atoms with Gasteiger partial charge >= 0.3 is 0 Å². The predicted octanol–water partition coefficient (Wildman–Crippen LogP) is 1.64. The largest absolute Gasteiger partial charge is 0.478 e. The fourth-order valence-electron chi connectivity index (χ4n) is 1.19. The van der Waals surface area contributed by atoms with Crippen molar-refractivity contribution < 1.29 is 4.74 Å². The van der Waals surface area contributed by atoms with Gasteiger partial charge in [0.1, 0.15) is 5.82 Å². The van der Waals surface area contributed by atoms with Crippen molar-refractivity contribution in [3.63, 3.8) is 0 Å². The van der Waals surface area contributed by atoms with Crippen molar-refractivity contribution in [2.45, 2.75) is 33.1 Å². The minimum Gasteiger partial charge on any atom is -0.478 e. The van der Waals surface area contributed by atoms with Crippen LogP contribution in [0.15, 0.2) is 6.07 Å². The van der Waals surface area contributed by atoms with Gasteiger partial charge in [-0.05, 0) is 25.8 Å². The molecule has 0 aliphatic rings. The van der Waals surface area contributed by atoms with Gasteiger partial charge in [0.25, 0.3) is 0 Å². The molecule has 0 saturated carbocycles. The lowest BCUT2D eigenvalue weighted by Gasteiger charge is -2.09. The van der Waals surface area contributed by atoms with Gasteiger partial charge in [0.15, 0.2) is 0 Å². The van der Waals surface area contributed by atoms with E-state index in [9.17, 15) is 0 Å². The van der Waals surface area contributed by atoms with Crippen molar-refractivity contribution in [2.75, 3.05) is 13.2 Å². The highest BCUT2D eigenvalue weighted by Gasteiger charge is 2.05. The Hall–Kier alpha value is -1.16. The van der Waals surface area contributed by atoms with E-state index in [4.69, 9.17) is 10.5 Å². The number of hydrogen-bond acceptors (Lipinski definition) is 4. The van der Waals surface area contributed by atoms with Gasteiger partial charge in [0, 0.05) is 6.07 Å². The molecule has 0 bridgehead atoms. The van der Waals surface area contributed by atoms with E-state index in [2.05, 4.69) is 23.8 Å². The van der Waals surface area contributed by atoms with Gasteiger partial charge in [0.2, 0.25) is 5.88 Å². The first-order valence-corrected chi connectivity index (χ1v) is 5.32. The van der Waals surface area contributed by atoms with Crippen LogP contribution in [-0.2, 0) is 0 Å². The molecule has 4 nitrogen and oxygen atoms in total. The van der Waals surface area contributed by atoms with Crippen molar-refractivity contribution in [1.82, 2.24) is 9.97 Å². The van der Waals surface area contributed by atoms with Crippen molar-refractivity contribution in [2.24, 2.45) is 5.73 Å². The lowest BCUT2D eigenvalue weighted by molar-refractivity contribution is 0.299. The molecule has 0 unspecified atom stereocenters. The molecular weight excluding hydrogens is 190 g/mol. The molecule has 1 rings (SSSR count). The summed E-state index contributed by atoms with van der Waals surface area (Å²) in [6.07, 6.45) is 0.847. The van der Waals surface area contributed by atoms with E-state index in [0.717, 1.165) is 17.9 Å². The number of rotatable bonds is 5. The van der Waals surface area contributed by atoms with Gasteiger partial charge in [-0.25, -0.2) is 4.98 Å². The van der Waals surface area contributed by atoms with E-state index in [0.29, 0.717) is 24.9 Å². The van der Waals surface area contributed by atoms with Gasteiger partial charge in [-0.1, -0.05) is 13.8 Å². The maximum atomic E-state index is 5.49. The molecule has 0 atom stereocenters. The number of hydrogen-bond donors (Lipinski definition) is 1.